The van der Waals surface area contributed by atoms with Gasteiger partial charge in [-0.3, -0.25) is 0 Å². The number of amides is 2. The van der Waals surface area contributed by atoms with Gasteiger partial charge in [-0.2, -0.15) is 13.2 Å². The minimum Gasteiger partial charge on any atom is -0.436 e. The van der Waals surface area contributed by atoms with E-state index >= 15 is 0 Å². The van der Waals surface area contributed by atoms with Crippen LogP contribution in [0.25, 0.3) is 22.6 Å². The molecule has 1 aromatic heterocycles. The summed E-state index contributed by atoms with van der Waals surface area (Å²) < 4.78 is 44.0. The number of oxazole rings is 1. The van der Waals surface area contributed by atoms with Crippen molar-refractivity contribution in [1.29, 1.82) is 0 Å². The normalized spacial score (nSPS) is 11.4. The van der Waals surface area contributed by atoms with E-state index in [1.165, 1.54) is 12.1 Å². The van der Waals surface area contributed by atoms with Gasteiger partial charge in [0.25, 0.3) is 0 Å². The Labute approximate surface area is 163 Å². The highest BCUT2D eigenvalue weighted by molar-refractivity contribution is 5.99. The van der Waals surface area contributed by atoms with Crippen LogP contribution in [-0.4, -0.2) is 11.0 Å². The Hall–Kier alpha value is -3.81. The van der Waals surface area contributed by atoms with E-state index in [-0.39, 0.29) is 5.69 Å². The highest BCUT2D eigenvalue weighted by Crippen LogP contribution is 2.30. The van der Waals surface area contributed by atoms with E-state index in [9.17, 15) is 18.0 Å². The monoisotopic (exact) mass is 397 g/mol. The lowest BCUT2D eigenvalue weighted by atomic mass is 10.2. The van der Waals surface area contributed by atoms with Crippen molar-refractivity contribution in [2.45, 2.75) is 6.18 Å². The number of urea groups is 1. The first kappa shape index (κ1) is 18.5. The molecule has 5 nitrogen and oxygen atoms in total. The highest BCUT2D eigenvalue weighted by Gasteiger charge is 2.30. The van der Waals surface area contributed by atoms with Gasteiger partial charge >= 0.3 is 12.2 Å². The number of hydrogen-bond donors (Lipinski definition) is 2. The van der Waals surface area contributed by atoms with Gasteiger partial charge in [-0.15, -0.1) is 0 Å². The zero-order valence-electron chi connectivity index (χ0n) is 14.8. The van der Waals surface area contributed by atoms with Crippen molar-refractivity contribution in [1.82, 2.24) is 4.98 Å². The number of carbonyl (C=O) groups is 1. The molecule has 0 aliphatic rings. The van der Waals surface area contributed by atoms with Crippen LogP contribution >= 0.6 is 0 Å². The van der Waals surface area contributed by atoms with Crippen LogP contribution in [-0.2, 0) is 6.18 Å². The molecule has 3 aromatic carbocycles. The number of halogens is 3. The molecule has 0 bridgehead atoms. The molecule has 8 heteroatoms. The van der Waals surface area contributed by atoms with Gasteiger partial charge in [0.1, 0.15) is 5.52 Å². The fourth-order valence-corrected chi connectivity index (χ4v) is 2.76. The first-order chi connectivity index (χ1) is 13.9. The molecule has 29 heavy (non-hydrogen) atoms. The van der Waals surface area contributed by atoms with Crippen molar-refractivity contribution in [2.24, 2.45) is 0 Å². The molecule has 2 N–H and O–H groups in total. The second-order valence-corrected chi connectivity index (χ2v) is 6.22. The summed E-state index contributed by atoms with van der Waals surface area (Å²) in [5.74, 6) is 0.450. The van der Waals surface area contributed by atoms with Gasteiger partial charge in [0, 0.05) is 16.9 Å². The van der Waals surface area contributed by atoms with E-state index in [1.807, 2.05) is 24.3 Å². The number of nitrogens with zero attached hydrogens (tertiary/aromatic N) is 1. The average molecular weight is 397 g/mol. The molecule has 0 saturated heterocycles. The van der Waals surface area contributed by atoms with Crippen molar-refractivity contribution in [3.63, 3.8) is 0 Å². The Morgan fingerprint density at radius 2 is 1.59 bits per heavy atom. The zero-order valence-corrected chi connectivity index (χ0v) is 14.8. The maximum atomic E-state index is 12.8. The number of carbonyl (C=O) groups excluding carboxylic acids is 1. The first-order valence-electron chi connectivity index (χ1n) is 8.60. The third-order valence-corrected chi connectivity index (χ3v) is 4.13. The number of para-hydroxylation sites is 2. The third-order valence-electron chi connectivity index (χ3n) is 4.13. The van der Waals surface area contributed by atoms with Crippen molar-refractivity contribution in [2.75, 3.05) is 10.6 Å². The highest BCUT2D eigenvalue weighted by atomic mass is 19.4. The summed E-state index contributed by atoms with van der Waals surface area (Å²) in [6, 6.07) is 17.9. The van der Waals surface area contributed by atoms with E-state index in [4.69, 9.17) is 4.42 Å². The number of rotatable bonds is 3. The first-order valence-corrected chi connectivity index (χ1v) is 8.60. The van der Waals surface area contributed by atoms with Gasteiger partial charge in [0.15, 0.2) is 5.58 Å². The lowest BCUT2D eigenvalue weighted by molar-refractivity contribution is -0.137. The van der Waals surface area contributed by atoms with Crippen LogP contribution in [0.2, 0.25) is 0 Å². The average Bonchev–Trinajstić information content (AvgIpc) is 3.12. The summed E-state index contributed by atoms with van der Waals surface area (Å²) >= 11 is 0. The summed E-state index contributed by atoms with van der Waals surface area (Å²) in [5.41, 5.74) is 1.81. The number of nitrogens with one attached hydrogen (secondary N) is 2. The number of anilines is 2. The molecule has 2 amide bonds. The van der Waals surface area contributed by atoms with Gasteiger partial charge in [-0.1, -0.05) is 18.2 Å². The molecule has 0 saturated carbocycles. The minimum atomic E-state index is -4.48. The van der Waals surface area contributed by atoms with Crippen LogP contribution in [0, 0.1) is 0 Å². The Kier molecular flexibility index (Phi) is 4.67. The van der Waals surface area contributed by atoms with E-state index in [0.29, 0.717) is 17.2 Å². The van der Waals surface area contributed by atoms with Gasteiger partial charge in [0.2, 0.25) is 5.89 Å². The Morgan fingerprint density at radius 1 is 0.862 bits per heavy atom. The topological polar surface area (TPSA) is 67.2 Å². The lowest BCUT2D eigenvalue weighted by Gasteiger charge is -2.11. The van der Waals surface area contributed by atoms with Gasteiger partial charge in [-0.05, 0) is 54.6 Å². The number of benzene rings is 3. The smallest absolute Gasteiger partial charge is 0.416 e. The van der Waals surface area contributed by atoms with Crippen molar-refractivity contribution < 1.29 is 22.4 Å². The number of hydrogen-bond acceptors (Lipinski definition) is 3. The maximum absolute atomic E-state index is 12.8. The van der Waals surface area contributed by atoms with Gasteiger partial charge < -0.3 is 15.1 Å². The fraction of sp³-hybridized carbons (Fsp3) is 0.0476. The second kappa shape index (κ2) is 7.31. The van der Waals surface area contributed by atoms with E-state index in [0.717, 1.165) is 23.2 Å². The number of aromatic nitrogens is 1. The summed E-state index contributed by atoms with van der Waals surface area (Å²) in [5, 5.41) is 4.96. The third kappa shape index (κ3) is 4.21. The molecule has 0 spiro atoms. The summed E-state index contributed by atoms with van der Waals surface area (Å²) in [4.78, 5) is 16.5. The molecular formula is C21H14F3N3O2. The van der Waals surface area contributed by atoms with Crippen LogP contribution in [0.3, 0.4) is 0 Å². The molecule has 0 unspecified atom stereocenters. The van der Waals surface area contributed by atoms with E-state index in [2.05, 4.69) is 15.6 Å². The SMILES string of the molecule is O=C(Nc1ccc(-c2nc3ccccc3o2)cc1)Nc1cccc(C(F)(F)F)c1. The predicted octanol–water partition coefficient (Wildman–Crippen LogP) is 6.16. The lowest BCUT2D eigenvalue weighted by Crippen LogP contribution is -2.19. The zero-order chi connectivity index (χ0) is 20.4. The molecule has 0 aliphatic carbocycles. The standard InChI is InChI=1S/C21H14F3N3O2/c22-21(23,24)14-4-3-5-16(12-14)26-20(28)25-15-10-8-13(9-11-15)19-27-17-6-1-2-7-18(17)29-19/h1-12H,(H2,25,26,28). The Bertz CT molecular complexity index is 1130. The largest absolute Gasteiger partial charge is 0.436 e. The molecule has 0 aliphatic heterocycles. The maximum Gasteiger partial charge on any atom is 0.416 e. The molecule has 1 heterocycles. The van der Waals surface area contributed by atoms with Crippen molar-refractivity contribution >= 4 is 28.5 Å². The molecular weight excluding hydrogens is 383 g/mol. The second-order valence-electron chi connectivity index (χ2n) is 6.22. The summed E-state index contributed by atoms with van der Waals surface area (Å²) in [7, 11) is 0. The molecule has 4 rings (SSSR count). The van der Waals surface area contributed by atoms with Crippen LogP contribution in [0.1, 0.15) is 5.56 Å². The quantitative estimate of drug-likeness (QED) is 0.435. The summed E-state index contributed by atoms with van der Waals surface area (Å²) in [6.07, 6.45) is -4.48. The van der Waals surface area contributed by atoms with Crippen LogP contribution < -0.4 is 10.6 Å². The predicted molar refractivity (Wildman–Crippen MR) is 104 cm³/mol. The van der Waals surface area contributed by atoms with Crippen LogP contribution in [0.15, 0.2) is 77.2 Å². The molecule has 0 fully saturated rings. The molecule has 4 aromatic rings. The molecule has 0 atom stereocenters. The van der Waals surface area contributed by atoms with Crippen LogP contribution in [0.5, 0.6) is 0 Å². The number of alkyl halides is 3. The fourth-order valence-electron chi connectivity index (χ4n) is 2.76. The molecule has 146 valence electrons. The Balaban J connectivity index is 1.44. The number of fused-ring (bicyclic) bond motifs is 1. The van der Waals surface area contributed by atoms with Crippen molar-refractivity contribution in [3.8, 4) is 11.5 Å². The van der Waals surface area contributed by atoms with Crippen LogP contribution in [0.4, 0.5) is 29.3 Å². The Morgan fingerprint density at radius 3 is 2.31 bits per heavy atom. The minimum absolute atomic E-state index is 0.0421. The van der Waals surface area contributed by atoms with Crippen molar-refractivity contribution in [3.05, 3.63) is 78.4 Å². The molecule has 0 radical (unpaired) electrons. The van der Waals surface area contributed by atoms with Gasteiger partial charge in [-0.25, -0.2) is 9.78 Å². The van der Waals surface area contributed by atoms with E-state index < -0.39 is 17.8 Å². The summed E-state index contributed by atoms with van der Waals surface area (Å²) in [6.45, 7) is 0. The van der Waals surface area contributed by atoms with Gasteiger partial charge in [0.05, 0.1) is 5.56 Å². The van der Waals surface area contributed by atoms with E-state index in [1.54, 1.807) is 24.3 Å².